The molecule has 0 saturated carbocycles. The zero-order valence-electron chi connectivity index (χ0n) is 12.0. The van der Waals surface area contributed by atoms with Gasteiger partial charge in [-0.1, -0.05) is 17.4 Å². The Morgan fingerprint density at radius 1 is 1.38 bits per heavy atom. The molecule has 21 heavy (non-hydrogen) atoms. The molecule has 1 atom stereocenters. The van der Waals surface area contributed by atoms with Gasteiger partial charge in [0.2, 0.25) is 10.0 Å². The number of nitrogens with one attached hydrogen (secondary N) is 1. The van der Waals surface area contributed by atoms with Gasteiger partial charge < -0.3 is 4.98 Å². The van der Waals surface area contributed by atoms with Gasteiger partial charge in [0.15, 0.2) is 0 Å². The highest BCUT2D eigenvalue weighted by Crippen LogP contribution is 2.37. The molecule has 5 nitrogen and oxygen atoms in total. The summed E-state index contributed by atoms with van der Waals surface area (Å²) < 4.78 is 25.3. The van der Waals surface area contributed by atoms with Gasteiger partial charge in [0.1, 0.15) is 0 Å². The molecule has 1 aliphatic rings. The van der Waals surface area contributed by atoms with E-state index in [9.17, 15) is 13.2 Å². The van der Waals surface area contributed by atoms with Crippen molar-refractivity contribution in [2.45, 2.75) is 26.3 Å². The van der Waals surface area contributed by atoms with E-state index in [1.165, 1.54) is 21.9 Å². The van der Waals surface area contributed by atoms with E-state index in [2.05, 4.69) is 4.98 Å². The number of thiazole rings is 1. The number of benzene rings is 1. The molecule has 112 valence electrons. The minimum atomic E-state index is -3.27. The van der Waals surface area contributed by atoms with Crippen molar-refractivity contribution in [2.24, 2.45) is 0 Å². The molecule has 0 spiro atoms. The number of rotatable bonds is 2. The van der Waals surface area contributed by atoms with Crippen molar-refractivity contribution in [1.82, 2.24) is 4.98 Å². The zero-order chi connectivity index (χ0) is 15.4. The van der Waals surface area contributed by atoms with Crippen molar-refractivity contribution in [2.75, 3.05) is 10.6 Å². The molecular weight excluding hydrogens is 308 g/mol. The van der Waals surface area contributed by atoms with Gasteiger partial charge >= 0.3 is 4.87 Å². The van der Waals surface area contributed by atoms with Crippen molar-refractivity contribution in [3.05, 3.63) is 38.3 Å². The molecule has 0 aliphatic carbocycles. The van der Waals surface area contributed by atoms with Gasteiger partial charge in [0.25, 0.3) is 0 Å². The highest BCUT2D eigenvalue weighted by atomic mass is 32.2. The zero-order valence-corrected chi connectivity index (χ0v) is 13.6. The molecule has 3 rings (SSSR count). The molecule has 0 bridgehead atoms. The molecule has 1 aromatic carbocycles. The number of hydrogen-bond acceptors (Lipinski definition) is 4. The average Bonchev–Trinajstić information content (AvgIpc) is 2.86. The van der Waals surface area contributed by atoms with E-state index in [1.807, 2.05) is 32.0 Å². The summed E-state index contributed by atoms with van der Waals surface area (Å²) >= 11 is 1.19. The van der Waals surface area contributed by atoms with Crippen molar-refractivity contribution in [1.29, 1.82) is 0 Å². The lowest BCUT2D eigenvalue weighted by Gasteiger charge is -2.21. The number of sulfonamides is 1. The molecule has 7 heteroatoms. The van der Waals surface area contributed by atoms with Gasteiger partial charge in [-0.15, -0.1) is 0 Å². The number of aryl methyl sites for hydroxylation is 1. The minimum absolute atomic E-state index is 0.0749. The van der Waals surface area contributed by atoms with Crippen molar-refractivity contribution in [3.8, 4) is 11.3 Å². The number of nitrogens with zero attached hydrogens (tertiary/aromatic N) is 1. The lowest BCUT2D eigenvalue weighted by atomic mass is 10.0. The van der Waals surface area contributed by atoms with E-state index in [4.69, 9.17) is 0 Å². The van der Waals surface area contributed by atoms with E-state index in [1.54, 1.807) is 0 Å². The summed E-state index contributed by atoms with van der Waals surface area (Å²) in [5.74, 6) is 0. The predicted molar refractivity (Wildman–Crippen MR) is 85.6 cm³/mol. The van der Waals surface area contributed by atoms with Crippen molar-refractivity contribution < 1.29 is 8.42 Å². The molecule has 1 aliphatic heterocycles. The Kier molecular flexibility index (Phi) is 3.22. The Hall–Kier alpha value is -1.60. The highest BCUT2D eigenvalue weighted by molar-refractivity contribution is 7.92. The minimum Gasteiger partial charge on any atom is -0.312 e. The second kappa shape index (κ2) is 4.71. The van der Waals surface area contributed by atoms with Crippen LogP contribution in [0.2, 0.25) is 0 Å². The standard InChI is InChI=1S/C14H16N2O3S2/c1-8-6-11-7-10(13-9(2)20-14(17)15-13)4-5-12(11)16(8)21(3,18)19/h4-5,7-8H,6H2,1-3H3,(H,15,17). The van der Waals surface area contributed by atoms with Crippen LogP contribution >= 0.6 is 11.3 Å². The summed E-state index contributed by atoms with van der Waals surface area (Å²) in [6, 6.07) is 5.58. The smallest absolute Gasteiger partial charge is 0.305 e. The molecule has 0 amide bonds. The first-order valence-electron chi connectivity index (χ1n) is 6.60. The van der Waals surface area contributed by atoms with Gasteiger partial charge in [-0.2, -0.15) is 0 Å². The van der Waals surface area contributed by atoms with Crippen LogP contribution in [0.1, 0.15) is 17.4 Å². The van der Waals surface area contributed by atoms with Crippen LogP contribution in [-0.2, 0) is 16.4 Å². The molecule has 1 aromatic heterocycles. The van der Waals surface area contributed by atoms with E-state index in [0.29, 0.717) is 6.42 Å². The van der Waals surface area contributed by atoms with Gasteiger partial charge in [0, 0.05) is 10.9 Å². The number of aromatic nitrogens is 1. The fourth-order valence-electron chi connectivity index (χ4n) is 2.94. The Bertz CT molecular complexity index is 865. The molecular formula is C14H16N2O3S2. The number of fused-ring (bicyclic) bond motifs is 1. The van der Waals surface area contributed by atoms with Crippen LogP contribution < -0.4 is 9.18 Å². The Labute approximate surface area is 127 Å². The van der Waals surface area contributed by atoms with E-state index >= 15 is 0 Å². The summed E-state index contributed by atoms with van der Waals surface area (Å²) in [5, 5.41) is 0. The molecule has 1 unspecified atom stereocenters. The molecule has 2 heterocycles. The monoisotopic (exact) mass is 324 g/mol. The summed E-state index contributed by atoms with van der Waals surface area (Å²) in [5.41, 5.74) is 3.48. The molecule has 0 fully saturated rings. The predicted octanol–water partition coefficient (Wildman–Crippen LogP) is 2.12. The Morgan fingerprint density at radius 2 is 2.10 bits per heavy atom. The number of hydrogen-bond donors (Lipinski definition) is 1. The first kappa shape index (κ1) is 14.3. The van der Waals surface area contributed by atoms with Crippen LogP contribution in [0.5, 0.6) is 0 Å². The molecule has 0 radical (unpaired) electrons. The van der Waals surface area contributed by atoms with Crippen LogP contribution in [0, 0.1) is 6.92 Å². The second-order valence-corrected chi connectivity index (χ2v) is 8.45. The molecule has 1 N–H and O–H groups in total. The van der Waals surface area contributed by atoms with Crippen LogP contribution in [0.4, 0.5) is 5.69 Å². The number of aromatic amines is 1. The molecule has 0 saturated heterocycles. The SMILES string of the molecule is Cc1sc(=O)[nH]c1-c1ccc2c(c1)CC(C)N2S(C)(=O)=O. The van der Waals surface area contributed by atoms with Crippen LogP contribution in [-0.4, -0.2) is 25.7 Å². The third kappa shape index (κ3) is 2.40. The Balaban J connectivity index is 2.11. The van der Waals surface area contributed by atoms with Gasteiger partial charge in [-0.05, 0) is 43.5 Å². The lowest BCUT2D eigenvalue weighted by Crippen LogP contribution is -2.34. The fourth-order valence-corrected chi connectivity index (χ4v) is 4.91. The summed E-state index contributed by atoms with van der Waals surface area (Å²) in [4.78, 5) is 15.1. The third-order valence-corrected chi connectivity index (χ3v) is 5.77. The number of H-pyrrole nitrogens is 1. The average molecular weight is 324 g/mol. The summed E-state index contributed by atoms with van der Waals surface area (Å²) in [6.45, 7) is 3.80. The molecule has 2 aromatic rings. The topological polar surface area (TPSA) is 70.2 Å². The maximum Gasteiger partial charge on any atom is 0.305 e. The third-order valence-electron chi connectivity index (χ3n) is 3.70. The van der Waals surface area contributed by atoms with Crippen molar-refractivity contribution >= 4 is 27.0 Å². The maximum atomic E-state index is 11.9. The first-order valence-corrected chi connectivity index (χ1v) is 9.26. The van der Waals surface area contributed by atoms with Crippen LogP contribution in [0.25, 0.3) is 11.3 Å². The van der Waals surface area contributed by atoms with E-state index < -0.39 is 10.0 Å². The van der Waals surface area contributed by atoms with E-state index in [-0.39, 0.29) is 10.9 Å². The largest absolute Gasteiger partial charge is 0.312 e. The highest BCUT2D eigenvalue weighted by Gasteiger charge is 2.32. The summed E-state index contributed by atoms with van der Waals surface area (Å²) in [6.07, 6.45) is 1.91. The van der Waals surface area contributed by atoms with Gasteiger partial charge in [-0.25, -0.2) is 8.42 Å². The fraction of sp³-hybridized carbons (Fsp3) is 0.357. The quantitative estimate of drug-likeness (QED) is 0.920. The van der Waals surface area contributed by atoms with Crippen molar-refractivity contribution in [3.63, 3.8) is 0 Å². The van der Waals surface area contributed by atoms with E-state index in [0.717, 1.165) is 27.4 Å². The Morgan fingerprint density at radius 3 is 2.67 bits per heavy atom. The normalized spacial score (nSPS) is 18.0. The first-order chi connectivity index (χ1) is 9.77. The maximum absolute atomic E-state index is 11.9. The second-order valence-electron chi connectivity index (χ2n) is 5.40. The summed E-state index contributed by atoms with van der Waals surface area (Å²) in [7, 11) is -3.27. The van der Waals surface area contributed by atoms with Gasteiger partial charge in [-0.3, -0.25) is 9.10 Å². The van der Waals surface area contributed by atoms with Crippen LogP contribution in [0.15, 0.2) is 23.0 Å². The number of anilines is 1. The van der Waals surface area contributed by atoms with Crippen LogP contribution in [0.3, 0.4) is 0 Å². The van der Waals surface area contributed by atoms with Gasteiger partial charge in [0.05, 0.1) is 17.6 Å². The lowest BCUT2D eigenvalue weighted by molar-refractivity contribution is 0.590.